The summed E-state index contributed by atoms with van der Waals surface area (Å²) in [6, 6.07) is 6.89. The van der Waals surface area contributed by atoms with Crippen molar-refractivity contribution >= 4 is 11.8 Å². The van der Waals surface area contributed by atoms with Crippen molar-refractivity contribution in [3.63, 3.8) is 0 Å². The van der Waals surface area contributed by atoms with Gasteiger partial charge >= 0.3 is 0 Å². The molecule has 5 nitrogen and oxygen atoms in total. The Balaban J connectivity index is 2.74. The van der Waals surface area contributed by atoms with Crippen LogP contribution in [0, 0.1) is 0 Å². The SMILES string of the molecule is CCCOc1ccccc1C(=O)NNC(C)=O. The Morgan fingerprint density at radius 1 is 1.24 bits per heavy atom. The van der Waals surface area contributed by atoms with Crippen molar-refractivity contribution < 1.29 is 14.3 Å². The van der Waals surface area contributed by atoms with Crippen molar-refractivity contribution in [1.82, 2.24) is 10.9 Å². The average Bonchev–Trinajstić information content (AvgIpc) is 2.33. The molecule has 0 heterocycles. The lowest BCUT2D eigenvalue weighted by Crippen LogP contribution is -2.40. The molecular weight excluding hydrogens is 220 g/mol. The largest absolute Gasteiger partial charge is 0.493 e. The Bertz CT molecular complexity index is 404. The van der Waals surface area contributed by atoms with Gasteiger partial charge in [0.15, 0.2) is 0 Å². The van der Waals surface area contributed by atoms with Crippen LogP contribution < -0.4 is 15.6 Å². The molecule has 0 aliphatic rings. The summed E-state index contributed by atoms with van der Waals surface area (Å²) in [5.74, 6) is -0.214. The predicted molar refractivity (Wildman–Crippen MR) is 63.5 cm³/mol. The number of hydrogen-bond donors (Lipinski definition) is 2. The number of rotatable bonds is 4. The molecule has 0 fully saturated rings. The summed E-state index contributed by atoms with van der Waals surface area (Å²) in [6.45, 7) is 3.85. The number of amides is 2. The van der Waals surface area contributed by atoms with E-state index in [1.165, 1.54) is 6.92 Å². The molecule has 2 N–H and O–H groups in total. The summed E-state index contributed by atoms with van der Waals surface area (Å²) in [5, 5.41) is 0. The Kier molecular flexibility index (Phi) is 5.00. The quantitative estimate of drug-likeness (QED) is 0.773. The number of para-hydroxylation sites is 1. The molecule has 1 aromatic carbocycles. The van der Waals surface area contributed by atoms with Crippen LogP contribution in [-0.4, -0.2) is 18.4 Å². The van der Waals surface area contributed by atoms with Crippen molar-refractivity contribution in [2.45, 2.75) is 20.3 Å². The molecule has 0 saturated heterocycles. The first-order valence-corrected chi connectivity index (χ1v) is 5.44. The van der Waals surface area contributed by atoms with E-state index in [0.717, 1.165) is 6.42 Å². The molecule has 0 aromatic heterocycles. The van der Waals surface area contributed by atoms with Crippen LogP contribution in [0.4, 0.5) is 0 Å². The second-order valence-electron chi connectivity index (χ2n) is 3.48. The van der Waals surface area contributed by atoms with E-state index in [1.807, 2.05) is 6.92 Å². The Morgan fingerprint density at radius 3 is 2.59 bits per heavy atom. The third-order valence-corrected chi connectivity index (χ3v) is 1.95. The van der Waals surface area contributed by atoms with Crippen molar-refractivity contribution in [3.05, 3.63) is 29.8 Å². The number of carbonyl (C=O) groups is 2. The zero-order valence-electron chi connectivity index (χ0n) is 9.95. The van der Waals surface area contributed by atoms with Gasteiger partial charge in [-0.25, -0.2) is 0 Å². The van der Waals surface area contributed by atoms with E-state index in [9.17, 15) is 9.59 Å². The first-order chi connectivity index (χ1) is 8.15. The molecule has 0 unspecified atom stereocenters. The van der Waals surface area contributed by atoms with Gasteiger partial charge in [0.25, 0.3) is 5.91 Å². The molecule has 0 aliphatic carbocycles. The van der Waals surface area contributed by atoms with Crippen LogP contribution in [0.25, 0.3) is 0 Å². The van der Waals surface area contributed by atoms with Gasteiger partial charge < -0.3 is 4.74 Å². The van der Waals surface area contributed by atoms with Gasteiger partial charge in [0.05, 0.1) is 12.2 Å². The van der Waals surface area contributed by atoms with E-state index in [0.29, 0.717) is 17.9 Å². The molecule has 17 heavy (non-hydrogen) atoms. The summed E-state index contributed by atoms with van der Waals surface area (Å²) in [5.41, 5.74) is 4.93. The minimum absolute atomic E-state index is 0.328. The second kappa shape index (κ2) is 6.52. The Hall–Kier alpha value is -2.04. The highest BCUT2D eigenvalue weighted by Gasteiger charge is 2.11. The topological polar surface area (TPSA) is 67.4 Å². The Labute approximate surface area is 100 Å². The molecule has 0 aliphatic heterocycles. The lowest BCUT2D eigenvalue weighted by atomic mass is 10.2. The van der Waals surface area contributed by atoms with Gasteiger partial charge in [0.1, 0.15) is 5.75 Å². The molecule has 0 saturated carbocycles. The zero-order chi connectivity index (χ0) is 12.7. The fourth-order valence-electron chi connectivity index (χ4n) is 1.20. The fourth-order valence-corrected chi connectivity index (χ4v) is 1.20. The zero-order valence-corrected chi connectivity index (χ0v) is 9.95. The van der Waals surface area contributed by atoms with Crippen LogP contribution in [0.1, 0.15) is 30.6 Å². The molecule has 0 radical (unpaired) electrons. The monoisotopic (exact) mass is 236 g/mol. The molecule has 0 atom stereocenters. The maximum atomic E-state index is 11.7. The maximum absolute atomic E-state index is 11.7. The van der Waals surface area contributed by atoms with E-state index in [-0.39, 0.29) is 5.91 Å². The molecule has 1 rings (SSSR count). The molecule has 0 bridgehead atoms. The van der Waals surface area contributed by atoms with E-state index in [2.05, 4.69) is 10.9 Å². The number of benzene rings is 1. The minimum Gasteiger partial charge on any atom is -0.493 e. The van der Waals surface area contributed by atoms with Crippen LogP contribution in [0.3, 0.4) is 0 Å². The van der Waals surface area contributed by atoms with Gasteiger partial charge in [-0.1, -0.05) is 19.1 Å². The van der Waals surface area contributed by atoms with Crippen molar-refractivity contribution in [2.75, 3.05) is 6.61 Å². The highest BCUT2D eigenvalue weighted by molar-refractivity contribution is 5.97. The van der Waals surface area contributed by atoms with Gasteiger partial charge in [0.2, 0.25) is 5.91 Å². The third-order valence-electron chi connectivity index (χ3n) is 1.95. The average molecular weight is 236 g/mol. The summed E-state index contributed by atoms with van der Waals surface area (Å²) in [4.78, 5) is 22.4. The number of nitrogens with one attached hydrogen (secondary N) is 2. The van der Waals surface area contributed by atoms with Crippen LogP contribution in [0.2, 0.25) is 0 Å². The molecule has 1 aromatic rings. The van der Waals surface area contributed by atoms with E-state index < -0.39 is 5.91 Å². The van der Waals surface area contributed by atoms with Gasteiger partial charge in [-0.05, 0) is 18.6 Å². The predicted octanol–water partition coefficient (Wildman–Crippen LogP) is 1.26. The van der Waals surface area contributed by atoms with Crippen LogP contribution in [-0.2, 0) is 4.79 Å². The van der Waals surface area contributed by atoms with Crippen LogP contribution in [0.15, 0.2) is 24.3 Å². The smallest absolute Gasteiger partial charge is 0.273 e. The molecule has 2 amide bonds. The number of carbonyl (C=O) groups excluding carboxylic acids is 2. The van der Waals surface area contributed by atoms with E-state index in [4.69, 9.17) is 4.74 Å². The van der Waals surface area contributed by atoms with Gasteiger partial charge in [0, 0.05) is 6.92 Å². The molecule has 5 heteroatoms. The molecular formula is C12H16N2O3. The second-order valence-corrected chi connectivity index (χ2v) is 3.48. The highest BCUT2D eigenvalue weighted by atomic mass is 16.5. The Morgan fingerprint density at radius 2 is 1.94 bits per heavy atom. The summed E-state index contributed by atoms with van der Waals surface area (Å²) in [6.07, 6.45) is 0.863. The third kappa shape index (κ3) is 4.14. The lowest BCUT2D eigenvalue weighted by Gasteiger charge is -2.10. The van der Waals surface area contributed by atoms with Gasteiger partial charge in [-0.3, -0.25) is 20.4 Å². The lowest BCUT2D eigenvalue weighted by molar-refractivity contribution is -0.119. The highest BCUT2D eigenvalue weighted by Crippen LogP contribution is 2.17. The number of hydrazine groups is 1. The number of ether oxygens (including phenoxy) is 1. The number of hydrogen-bond acceptors (Lipinski definition) is 3. The summed E-state index contributed by atoms with van der Waals surface area (Å²) >= 11 is 0. The maximum Gasteiger partial charge on any atom is 0.273 e. The standard InChI is InChI=1S/C12H16N2O3/c1-3-8-17-11-7-5-4-6-10(11)12(16)14-13-9(2)15/h4-7H,3,8H2,1-2H3,(H,13,15)(H,14,16). The summed E-state index contributed by atoms with van der Waals surface area (Å²) in [7, 11) is 0. The van der Waals surface area contributed by atoms with Crippen LogP contribution in [0.5, 0.6) is 5.75 Å². The van der Waals surface area contributed by atoms with E-state index >= 15 is 0 Å². The first kappa shape index (κ1) is 13.0. The van der Waals surface area contributed by atoms with Crippen LogP contribution >= 0.6 is 0 Å². The van der Waals surface area contributed by atoms with Crippen molar-refractivity contribution in [3.8, 4) is 5.75 Å². The minimum atomic E-state index is -0.396. The van der Waals surface area contributed by atoms with Crippen molar-refractivity contribution in [1.29, 1.82) is 0 Å². The van der Waals surface area contributed by atoms with Crippen molar-refractivity contribution in [2.24, 2.45) is 0 Å². The van der Waals surface area contributed by atoms with E-state index in [1.54, 1.807) is 24.3 Å². The van der Waals surface area contributed by atoms with Gasteiger partial charge in [-0.15, -0.1) is 0 Å². The first-order valence-electron chi connectivity index (χ1n) is 5.44. The summed E-state index contributed by atoms with van der Waals surface area (Å²) < 4.78 is 5.44. The van der Waals surface area contributed by atoms with Gasteiger partial charge in [-0.2, -0.15) is 0 Å². The fraction of sp³-hybridized carbons (Fsp3) is 0.333. The normalized spacial score (nSPS) is 9.53. The molecule has 92 valence electrons. The molecule has 0 spiro atoms.